The van der Waals surface area contributed by atoms with E-state index >= 15 is 0 Å². The summed E-state index contributed by atoms with van der Waals surface area (Å²) in [7, 11) is 0. The number of aliphatic carboxylic acids is 1. The van der Waals surface area contributed by atoms with E-state index in [2.05, 4.69) is 31.2 Å². The average molecular weight is 407 g/mol. The highest BCUT2D eigenvalue weighted by molar-refractivity contribution is 5.66. The summed E-state index contributed by atoms with van der Waals surface area (Å²) in [6, 6.07) is 10.4. The van der Waals surface area contributed by atoms with E-state index in [4.69, 9.17) is 9.84 Å². The number of rotatable bonds is 19. The van der Waals surface area contributed by atoms with E-state index in [0.717, 1.165) is 38.5 Å². The Morgan fingerprint density at radius 1 is 0.862 bits per heavy atom. The van der Waals surface area contributed by atoms with E-state index in [1.165, 1.54) is 37.7 Å². The Balaban J connectivity index is 2.22. The maximum Gasteiger partial charge on any atom is 0.303 e. The van der Waals surface area contributed by atoms with Crippen LogP contribution in [0.15, 0.2) is 30.3 Å². The lowest BCUT2D eigenvalue weighted by Crippen LogP contribution is -2.13. The largest absolute Gasteiger partial charge is 0.481 e. The number of carboxylic acids is 1. The molecule has 1 rings (SSSR count). The van der Waals surface area contributed by atoms with Gasteiger partial charge in [-0.1, -0.05) is 88.6 Å². The predicted molar refractivity (Wildman–Crippen MR) is 119 cm³/mol. The van der Waals surface area contributed by atoms with Crippen LogP contribution in [0.25, 0.3) is 0 Å². The van der Waals surface area contributed by atoms with Gasteiger partial charge in [0.05, 0.1) is 18.8 Å². The molecule has 2 N–H and O–H groups in total. The highest BCUT2D eigenvalue weighted by atomic mass is 16.5. The first-order chi connectivity index (χ1) is 14.1. The Labute approximate surface area is 177 Å². The minimum Gasteiger partial charge on any atom is -0.481 e. The third-order valence-electron chi connectivity index (χ3n) is 5.45. The molecule has 0 aliphatic carbocycles. The Kier molecular flexibility index (Phi) is 15.4. The number of benzene rings is 1. The number of carboxylic acid groups (broad SMARTS) is 1. The van der Waals surface area contributed by atoms with Crippen LogP contribution in [-0.2, 0) is 16.1 Å². The molecule has 0 aromatic heterocycles. The van der Waals surface area contributed by atoms with E-state index in [1.54, 1.807) is 0 Å². The Morgan fingerprint density at radius 2 is 1.45 bits per heavy atom. The number of ether oxygens (including phenoxy) is 1. The van der Waals surface area contributed by atoms with Crippen molar-refractivity contribution in [2.75, 3.05) is 0 Å². The molecule has 1 aromatic rings. The van der Waals surface area contributed by atoms with Crippen LogP contribution in [-0.4, -0.2) is 28.4 Å². The van der Waals surface area contributed by atoms with Crippen molar-refractivity contribution in [2.45, 2.75) is 116 Å². The molecule has 29 heavy (non-hydrogen) atoms. The molecule has 0 heterocycles. The summed E-state index contributed by atoms with van der Waals surface area (Å²) in [4.78, 5) is 10.5. The zero-order valence-corrected chi connectivity index (χ0v) is 18.4. The Bertz CT molecular complexity index is 503. The lowest BCUT2D eigenvalue weighted by Gasteiger charge is -2.18. The number of carbonyl (C=O) groups is 1. The van der Waals surface area contributed by atoms with Gasteiger partial charge in [-0.2, -0.15) is 0 Å². The lowest BCUT2D eigenvalue weighted by molar-refractivity contribution is -0.137. The molecule has 0 saturated heterocycles. The smallest absolute Gasteiger partial charge is 0.303 e. The van der Waals surface area contributed by atoms with Crippen LogP contribution in [0.4, 0.5) is 0 Å². The number of hydrogen-bond donors (Lipinski definition) is 2. The number of hydrogen-bond acceptors (Lipinski definition) is 3. The van der Waals surface area contributed by atoms with Gasteiger partial charge in [-0.25, -0.2) is 0 Å². The Morgan fingerprint density at radius 3 is 2.10 bits per heavy atom. The van der Waals surface area contributed by atoms with Crippen molar-refractivity contribution >= 4 is 5.97 Å². The molecule has 0 saturated carbocycles. The molecule has 1 aromatic carbocycles. The number of aliphatic hydroxyl groups excluding tert-OH is 1. The van der Waals surface area contributed by atoms with Crippen LogP contribution in [0, 0.1) is 0 Å². The van der Waals surface area contributed by atoms with E-state index in [-0.39, 0.29) is 12.5 Å². The summed E-state index contributed by atoms with van der Waals surface area (Å²) in [5.74, 6) is -0.784. The van der Waals surface area contributed by atoms with Gasteiger partial charge in [0.15, 0.2) is 0 Å². The van der Waals surface area contributed by atoms with Crippen molar-refractivity contribution in [1.82, 2.24) is 0 Å². The lowest BCUT2D eigenvalue weighted by atomic mass is 10.0. The van der Waals surface area contributed by atoms with Gasteiger partial charge in [0.25, 0.3) is 0 Å². The van der Waals surface area contributed by atoms with Crippen LogP contribution < -0.4 is 0 Å². The molecule has 0 aliphatic rings. The van der Waals surface area contributed by atoms with Crippen molar-refractivity contribution in [3.63, 3.8) is 0 Å². The fourth-order valence-electron chi connectivity index (χ4n) is 3.64. The van der Waals surface area contributed by atoms with Gasteiger partial charge < -0.3 is 14.9 Å². The molecule has 4 heteroatoms. The van der Waals surface area contributed by atoms with Crippen molar-refractivity contribution in [2.24, 2.45) is 0 Å². The standard InChI is InChI=1S/C25H42O4/c1-2-3-4-5-11-18-24(29-21-22-14-8-6-9-15-22)19-12-7-10-16-23(26)17-13-20-25(27)28/h6,8-9,14-15,23-24,26H,2-5,7,10-13,16-21H2,1H3,(H,27,28). The van der Waals surface area contributed by atoms with Crippen LogP contribution in [0.1, 0.15) is 102 Å². The van der Waals surface area contributed by atoms with Gasteiger partial charge in [0.2, 0.25) is 0 Å². The van der Waals surface area contributed by atoms with E-state index in [9.17, 15) is 9.90 Å². The van der Waals surface area contributed by atoms with Crippen LogP contribution in [0.3, 0.4) is 0 Å². The molecular formula is C25H42O4. The minimum absolute atomic E-state index is 0.149. The van der Waals surface area contributed by atoms with Gasteiger partial charge in [0.1, 0.15) is 0 Å². The molecule has 4 nitrogen and oxygen atoms in total. The average Bonchev–Trinajstić information content (AvgIpc) is 2.71. The zero-order chi connectivity index (χ0) is 21.2. The van der Waals surface area contributed by atoms with Gasteiger partial charge in [-0.05, 0) is 37.7 Å². The monoisotopic (exact) mass is 406 g/mol. The zero-order valence-electron chi connectivity index (χ0n) is 18.4. The summed E-state index contributed by atoms with van der Waals surface area (Å²) in [5, 5.41) is 18.6. The van der Waals surface area contributed by atoms with Crippen molar-refractivity contribution in [3.05, 3.63) is 35.9 Å². The summed E-state index contributed by atoms with van der Waals surface area (Å²) in [5.41, 5.74) is 1.23. The molecule has 0 amide bonds. The molecule has 0 aliphatic heterocycles. The maximum atomic E-state index is 10.5. The highest BCUT2D eigenvalue weighted by Gasteiger charge is 2.10. The van der Waals surface area contributed by atoms with Crippen molar-refractivity contribution in [1.29, 1.82) is 0 Å². The molecule has 0 fully saturated rings. The predicted octanol–water partition coefficient (Wildman–Crippen LogP) is 6.50. The molecule has 0 bridgehead atoms. The first-order valence-electron chi connectivity index (χ1n) is 11.7. The third-order valence-corrected chi connectivity index (χ3v) is 5.45. The highest BCUT2D eigenvalue weighted by Crippen LogP contribution is 2.18. The van der Waals surface area contributed by atoms with E-state index in [1.807, 2.05) is 6.07 Å². The summed E-state index contributed by atoms with van der Waals surface area (Å²) in [6.07, 6.45) is 13.9. The number of aliphatic hydroxyl groups is 1. The first kappa shape index (κ1) is 25.6. The second-order valence-electron chi connectivity index (χ2n) is 8.20. The molecule has 0 spiro atoms. The Hall–Kier alpha value is -1.39. The molecular weight excluding hydrogens is 364 g/mol. The molecule has 2 unspecified atom stereocenters. The molecule has 0 radical (unpaired) electrons. The molecule has 2 atom stereocenters. The van der Waals surface area contributed by atoms with Crippen molar-refractivity contribution in [3.8, 4) is 0 Å². The van der Waals surface area contributed by atoms with Crippen molar-refractivity contribution < 1.29 is 19.7 Å². The second kappa shape index (κ2) is 17.5. The summed E-state index contributed by atoms with van der Waals surface area (Å²) >= 11 is 0. The third kappa shape index (κ3) is 15.2. The second-order valence-corrected chi connectivity index (χ2v) is 8.20. The summed E-state index contributed by atoms with van der Waals surface area (Å²) < 4.78 is 6.23. The van der Waals surface area contributed by atoms with Gasteiger partial charge in [-0.15, -0.1) is 0 Å². The fourth-order valence-corrected chi connectivity index (χ4v) is 3.64. The molecule has 166 valence electrons. The quantitative estimate of drug-likeness (QED) is 0.257. The number of unbranched alkanes of at least 4 members (excludes halogenated alkanes) is 6. The van der Waals surface area contributed by atoms with E-state index in [0.29, 0.717) is 25.6 Å². The van der Waals surface area contributed by atoms with Gasteiger partial charge >= 0.3 is 5.97 Å². The normalized spacial score (nSPS) is 13.3. The first-order valence-corrected chi connectivity index (χ1v) is 11.7. The minimum atomic E-state index is -0.784. The topological polar surface area (TPSA) is 66.8 Å². The van der Waals surface area contributed by atoms with Crippen LogP contribution in [0.2, 0.25) is 0 Å². The SMILES string of the molecule is CCCCCCCC(CCCCCC(O)CCCC(=O)O)OCc1ccccc1. The maximum absolute atomic E-state index is 10.5. The van der Waals surface area contributed by atoms with E-state index < -0.39 is 5.97 Å². The van der Waals surface area contributed by atoms with Crippen LogP contribution in [0.5, 0.6) is 0 Å². The van der Waals surface area contributed by atoms with Gasteiger partial charge in [0, 0.05) is 6.42 Å². The van der Waals surface area contributed by atoms with Gasteiger partial charge in [-0.3, -0.25) is 4.79 Å². The summed E-state index contributed by atoms with van der Waals surface area (Å²) in [6.45, 7) is 2.93. The fraction of sp³-hybridized carbons (Fsp3) is 0.720. The van der Waals surface area contributed by atoms with Crippen LogP contribution >= 0.6 is 0 Å².